The lowest BCUT2D eigenvalue weighted by molar-refractivity contribution is 0.0534. The van der Waals surface area contributed by atoms with Crippen LogP contribution in [0.4, 0.5) is 0 Å². The monoisotopic (exact) mass is 334 g/mol. The first-order valence-corrected chi connectivity index (χ1v) is 8.98. The van der Waals surface area contributed by atoms with Crippen LogP contribution in [-0.4, -0.2) is 27.6 Å². The van der Waals surface area contributed by atoms with Gasteiger partial charge in [0.15, 0.2) is 0 Å². The molecule has 0 aliphatic rings. The van der Waals surface area contributed by atoms with Crippen molar-refractivity contribution >= 4 is 50.7 Å². The molecule has 3 aromatic rings. The summed E-state index contributed by atoms with van der Waals surface area (Å²) >= 11 is 3.26. The molecule has 0 saturated carbocycles. The SMILES string of the molecule is CCOC(=O)c1scc2cc(SC(C)C)c3cnn(C)c3c12. The third kappa shape index (κ3) is 2.50. The third-order valence-corrected chi connectivity index (χ3v) is 5.41. The Bertz CT molecular complexity index is 849. The molecule has 22 heavy (non-hydrogen) atoms. The molecule has 0 radical (unpaired) electrons. The summed E-state index contributed by atoms with van der Waals surface area (Å²) in [5.74, 6) is -0.255. The van der Waals surface area contributed by atoms with Crippen molar-refractivity contribution in [2.45, 2.75) is 30.9 Å². The van der Waals surface area contributed by atoms with Crippen molar-refractivity contribution in [1.82, 2.24) is 9.78 Å². The maximum Gasteiger partial charge on any atom is 0.349 e. The smallest absolute Gasteiger partial charge is 0.349 e. The van der Waals surface area contributed by atoms with E-state index in [-0.39, 0.29) is 5.97 Å². The summed E-state index contributed by atoms with van der Waals surface area (Å²) < 4.78 is 7.04. The Morgan fingerprint density at radius 3 is 2.95 bits per heavy atom. The Hall–Kier alpha value is -1.53. The molecule has 0 atom stereocenters. The normalized spacial score (nSPS) is 11.7. The lowest BCUT2D eigenvalue weighted by atomic mass is 10.1. The van der Waals surface area contributed by atoms with E-state index in [9.17, 15) is 4.79 Å². The lowest BCUT2D eigenvalue weighted by Gasteiger charge is -2.09. The van der Waals surface area contributed by atoms with Crippen LogP contribution in [0.15, 0.2) is 22.5 Å². The molecule has 0 amide bonds. The Morgan fingerprint density at radius 2 is 2.27 bits per heavy atom. The first kappa shape index (κ1) is 15.4. The average molecular weight is 334 g/mol. The van der Waals surface area contributed by atoms with Gasteiger partial charge in [0.05, 0.1) is 18.3 Å². The van der Waals surface area contributed by atoms with Gasteiger partial charge in [-0.05, 0) is 23.8 Å². The fourth-order valence-electron chi connectivity index (χ4n) is 2.55. The van der Waals surface area contributed by atoms with Crippen LogP contribution in [0.25, 0.3) is 21.7 Å². The van der Waals surface area contributed by atoms with E-state index in [1.54, 1.807) is 0 Å². The number of thiophene rings is 1. The zero-order chi connectivity index (χ0) is 15.9. The fraction of sp³-hybridized carbons (Fsp3) is 0.375. The molecule has 116 valence electrons. The number of thioether (sulfide) groups is 1. The molecule has 0 saturated heterocycles. The molecule has 0 N–H and O–H groups in total. The predicted octanol–water partition coefficient (Wildman–Crippen LogP) is 4.47. The van der Waals surface area contributed by atoms with Gasteiger partial charge in [-0.2, -0.15) is 5.10 Å². The summed E-state index contributed by atoms with van der Waals surface area (Å²) in [7, 11) is 1.91. The first-order valence-electron chi connectivity index (χ1n) is 7.22. The number of fused-ring (bicyclic) bond motifs is 3. The first-order chi connectivity index (χ1) is 10.5. The summed E-state index contributed by atoms with van der Waals surface area (Å²) in [6.07, 6.45) is 1.88. The highest BCUT2D eigenvalue weighted by atomic mass is 32.2. The van der Waals surface area contributed by atoms with Crippen LogP contribution in [0.2, 0.25) is 0 Å². The van der Waals surface area contributed by atoms with Crippen molar-refractivity contribution in [3.63, 3.8) is 0 Å². The molecule has 0 unspecified atom stereocenters. The average Bonchev–Trinajstić information content (AvgIpc) is 3.02. The minimum Gasteiger partial charge on any atom is -0.462 e. The second kappa shape index (κ2) is 5.93. The van der Waals surface area contributed by atoms with Crippen LogP contribution in [0.5, 0.6) is 0 Å². The van der Waals surface area contributed by atoms with Crippen LogP contribution in [0.1, 0.15) is 30.4 Å². The molecular formula is C16H18N2O2S2. The Morgan fingerprint density at radius 1 is 1.50 bits per heavy atom. The van der Waals surface area contributed by atoms with Gasteiger partial charge < -0.3 is 4.74 Å². The van der Waals surface area contributed by atoms with Gasteiger partial charge in [0.2, 0.25) is 0 Å². The third-order valence-electron chi connectivity index (χ3n) is 3.37. The summed E-state index contributed by atoms with van der Waals surface area (Å²) in [5, 5.41) is 10.0. The van der Waals surface area contributed by atoms with E-state index in [4.69, 9.17) is 4.74 Å². The van der Waals surface area contributed by atoms with Gasteiger partial charge in [0, 0.05) is 28.0 Å². The molecule has 2 heterocycles. The quantitative estimate of drug-likeness (QED) is 0.522. The van der Waals surface area contributed by atoms with Crippen molar-refractivity contribution in [3.8, 4) is 0 Å². The zero-order valence-corrected chi connectivity index (χ0v) is 14.7. The molecule has 4 nitrogen and oxygen atoms in total. The Kier molecular flexibility index (Phi) is 4.14. The number of nitrogens with zero attached hydrogens (tertiary/aromatic N) is 2. The second-order valence-corrected chi connectivity index (χ2v) is 7.82. The number of carbonyl (C=O) groups is 1. The molecule has 0 aliphatic carbocycles. The number of aromatic nitrogens is 2. The summed E-state index contributed by atoms with van der Waals surface area (Å²) in [6, 6.07) is 2.16. The number of carbonyl (C=O) groups excluding carboxylic acids is 1. The minimum absolute atomic E-state index is 0.255. The van der Waals surface area contributed by atoms with Gasteiger partial charge in [-0.1, -0.05) is 13.8 Å². The number of aryl methyl sites for hydroxylation is 1. The van der Waals surface area contributed by atoms with Gasteiger partial charge in [0.1, 0.15) is 4.88 Å². The molecule has 0 fully saturated rings. The van der Waals surface area contributed by atoms with Crippen molar-refractivity contribution in [1.29, 1.82) is 0 Å². The Balaban J connectivity index is 2.31. The number of hydrogen-bond donors (Lipinski definition) is 0. The van der Waals surface area contributed by atoms with Crippen LogP contribution >= 0.6 is 23.1 Å². The second-order valence-electron chi connectivity index (χ2n) is 5.32. The predicted molar refractivity (Wildman–Crippen MR) is 93.0 cm³/mol. The maximum atomic E-state index is 12.2. The van der Waals surface area contributed by atoms with Crippen LogP contribution in [0.3, 0.4) is 0 Å². The van der Waals surface area contributed by atoms with E-state index in [1.165, 1.54) is 16.2 Å². The molecule has 0 bridgehead atoms. The topological polar surface area (TPSA) is 44.1 Å². The highest BCUT2D eigenvalue weighted by Gasteiger charge is 2.20. The molecule has 6 heteroatoms. The number of benzene rings is 1. The van der Waals surface area contributed by atoms with Crippen molar-refractivity contribution in [2.75, 3.05) is 6.61 Å². The lowest BCUT2D eigenvalue weighted by Crippen LogP contribution is -2.03. The minimum atomic E-state index is -0.255. The molecule has 1 aromatic carbocycles. The van der Waals surface area contributed by atoms with Gasteiger partial charge in [-0.15, -0.1) is 23.1 Å². The molecular weight excluding hydrogens is 316 g/mol. The zero-order valence-electron chi connectivity index (χ0n) is 13.0. The van der Waals surface area contributed by atoms with Gasteiger partial charge in [-0.25, -0.2) is 4.79 Å². The fourth-order valence-corrected chi connectivity index (χ4v) is 4.45. The summed E-state index contributed by atoms with van der Waals surface area (Å²) in [6.45, 7) is 6.56. The largest absolute Gasteiger partial charge is 0.462 e. The number of ether oxygens (including phenoxy) is 1. The number of rotatable bonds is 4. The van der Waals surface area contributed by atoms with E-state index in [2.05, 4.69) is 25.0 Å². The van der Waals surface area contributed by atoms with Crippen LogP contribution < -0.4 is 0 Å². The van der Waals surface area contributed by atoms with Crippen molar-refractivity contribution in [2.24, 2.45) is 7.05 Å². The van der Waals surface area contributed by atoms with Crippen LogP contribution in [0, 0.1) is 0 Å². The van der Waals surface area contributed by atoms with E-state index >= 15 is 0 Å². The highest BCUT2D eigenvalue weighted by Crippen LogP contribution is 2.39. The van der Waals surface area contributed by atoms with E-state index < -0.39 is 0 Å². The summed E-state index contributed by atoms with van der Waals surface area (Å²) in [4.78, 5) is 14.1. The molecule has 3 rings (SSSR count). The standard InChI is InChI=1S/C16H18N2O2S2/c1-5-20-16(19)15-13-10(8-21-15)6-12(22-9(2)3)11-7-17-18(4)14(11)13/h6-9H,5H2,1-4H3. The van der Waals surface area contributed by atoms with Gasteiger partial charge >= 0.3 is 5.97 Å². The van der Waals surface area contributed by atoms with E-state index in [0.717, 1.165) is 21.7 Å². The molecule has 2 aromatic heterocycles. The van der Waals surface area contributed by atoms with Gasteiger partial charge in [0.25, 0.3) is 0 Å². The van der Waals surface area contributed by atoms with Crippen LogP contribution in [-0.2, 0) is 11.8 Å². The van der Waals surface area contributed by atoms with E-state index in [1.807, 2.05) is 42.0 Å². The maximum absolute atomic E-state index is 12.2. The highest BCUT2D eigenvalue weighted by molar-refractivity contribution is 8.00. The summed E-state index contributed by atoms with van der Waals surface area (Å²) in [5.41, 5.74) is 1.00. The number of hydrogen-bond acceptors (Lipinski definition) is 5. The molecule has 0 spiro atoms. The van der Waals surface area contributed by atoms with Crippen molar-refractivity contribution < 1.29 is 9.53 Å². The molecule has 0 aliphatic heterocycles. The van der Waals surface area contributed by atoms with Gasteiger partial charge in [-0.3, -0.25) is 4.68 Å². The Labute approximate surface area is 137 Å². The van der Waals surface area contributed by atoms with Crippen molar-refractivity contribution in [3.05, 3.63) is 22.5 Å². The number of esters is 1. The van der Waals surface area contributed by atoms with E-state index in [0.29, 0.717) is 16.7 Å².